The SMILES string of the molecule is CC12CC(c3ccc(O)cc3O1)C13OC1(c1ccc(O)cc1O)Oc1cc(-c4cc5ccc(OOc6ccc7c(c6)OC6(C)C=C8C(=C(c9ccc(O)cc9O)Oc9cc(-c%10cc%11ccc(O)cc%11o%10)cc(O)c98)C7C6O)cc5o4)cc(O)c1C3C2=O. The topological polar surface area (TPSA) is 293 Å². The maximum absolute atomic E-state index is 15.0. The minimum Gasteiger partial charge on any atom is -0.508 e. The monoisotopic (exact) mass is 1170 g/mol. The molecule has 2 aliphatic carbocycles. The first-order valence-electron chi connectivity index (χ1n) is 27.8. The minimum absolute atomic E-state index is 0.0254. The molecule has 7 aliphatic rings. The van der Waals surface area contributed by atoms with Crippen LogP contribution in [0.25, 0.3) is 55.9 Å². The van der Waals surface area contributed by atoms with Crippen LogP contribution in [0.4, 0.5) is 0 Å². The maximum atomic E-state index is 15.0. The highest BCUT2D eigenvalue weighted by Crippen LogP contribution is 2.78. The molecule has 2 fully saturated rings. The summed E-state index contributed by atoms with van der Waals surface area (Å²) in [6.07, 6.45) is 0.654. The number of aliphatic hydroxyl groups is 1. The predicted octanol–water partition coefficient (Wildman–Crippen LogP) is 12.0. The van der Waals surface area contributed by atoms with Gasteiger partial charge in [-0.05, 0) is 123 Å². The third kappa shape index (κ3) is 6.96. The van der Waals surface area contributed by atoms with E-state index in [2.05, 4.69) is 0 Å². The Morgan fingerprint density at radius 3 is 1.93 bits per heavy atom. The largest absolute Gasteiger partial charge is 0.508 e. The van der Waals surface area contributed by atoms with Crippen LogP contribution in [0.15, 0.2) is 166 Å². The van der Waals surface area contributed by atoms with Crippen LogP contribution < -0.4 is 28.7 Å². The lowest BCUT2D eigenvalue weighted by Crippen LogP contribution is -2.61. The number of Topliss-reactive ketones (excluding diaryl/α,β-unsaturated/α-hetero) is 1. The van der Waals surface area contributed by atoms with Crippen LogP contribution in [0.1, 0.15) is 71.4 Å². The van der Waals surface area contributed by atoms with E-state index in [9.17, 15) is 46.0 Å². The van der Waals surface area contributed by atoms with E-state index >= 15 is 4.79 Å². The molecule has 7 heterocycles. The molecule has 4 bridgehead atoms. The second-order valence-corrected chi connectivity index (χ2v) is 23.5. The number of epoxide rings is 1. The van der Waals surface area contributed by atoms with Gasteiger partial charge in [0, 0.05) is 98.8 Å². The molecule has 1 saturated carbocycles. The summed E-state index contributed by atoms with van der Waals surface area (Å²) in [6.45, 7) is 3.39. The maximum Gasteiger partial charge on any atom is 0.272 e. The molecule has 19 nitrogen and oxygen atoms in total. The number of hydrogen-bond donors (Lipinski definition) is 9. The number of phenolic OH excluding ortho intramolecular Hbond substituents is 8. The number of furan rings is 2. The zero-order valence-corrected chi connectivity index (χ0v) is 45.6. The van der Waals surface area contributed by atoms with E-state index < -0.39 is 52.2 Å². The lowest BCUT2D eigenvalue weighted by atomic mass is 9.56. The van der Waals surface area contributed by atoms with Crippen LogP contribution in [0.5, 0.6) is 80.5 Å². The van der Waals surface area contributed by atoms with Crippen molar-refractivity contribution >= 4 is 39.1 Å². The Balaban J connectivity index is 0.682. The Kier molecular flexibility index (Phi) is 9.85. The zero-order valence-electron chi connectivity index (χ0n) is 45.6. The number of allylic oxidation sites excluding steroid dienone is 1. The van der Waals surface area contributed by atoms with Crippen LogP contribution in [0.3, 0.4) is 0 Å². The molecular formula is C68H46O19. The van der Waals surface area contributed by atoms with E-state index in [4.69, 9.17) is 42.3 Å². The van der Waals surface area contributed by atoms with Crippen molar-refractivity contribution in [1.29, 1.82) is 0 Å². The summed E-state index contributed by atoms with van der Waals surface area (Å²) < 4.78 is 45.8. The molecule has 432 valence electrons. The number of ether oxygens (including phenoxy) is 5. The molecule has 87 heavy (non-hydrogen) atoms. The first kappa shape index (κ1) is 50.6. The molecule has 8 unspecified atom stereocenters. The number of ketones is 1. The van der Waals surface area contributed by atoms with Gasteiger partial charge in [0.05, 0.1) is 22.6 Å². The fraction of sp³-hybridized carbons (Fsp3) is 0.162. The molecule has 9 N–H and O–H groups in total. The normalized spacial score (nSPS) is 25.6. The number of fused-ring (bicyclic) bond motifs is 16. The Hall–Kier alpha value is -10.9. The molecule has 0 radical (unpaired) electrons. The fourth-order valence-corrected chi connectivity index (χ4v) is 14.3. The molecule has 10 aromatic rings. The second kappa shape index (κ2) is 16.9. The highest BCUT2D eigenvalue weighted by molar-refractivity contribution is 6.01. The smallest absolute Gasteiger partial charge is 0.272 e. The number of phenols is 8. The van der Waals surface area contributed by atoms with Crippen LogP contribution in [0, 0.1) is 0 Å². The van der Waals surface area contributed by atoms with Gasteiger partial charge in [0.2, 0.25) is 0 Å². The van der Waals surface area contributed by atoms with Gasteiger partial charge in [-0.15, -0.1) is 0 Å². The average molecular weight is 1170 g/mol. The first-order chi connectivity index (χ1) is 41.8. The molecule has 17 rings (SSSR count). The highest BCUT2D eigenvalue weighted by Gasteiger charge is 2.88. The lowest BCUT2D eigenvalue weighted by Gasteiger charge is -2.51. The van der Waals surface area contributed by atoms with Crippen LogP contribution in [-0.2, 0) is 15.3 Å². The third-order valence-electron chi connectivity index (χ3n) is 18.2. The van der Waals surface area contributed by atoms with Crippen molar-refractivity contribution in [2.24, 2.45) is 0 Å². The van der Waals surface area contributed by atoms with E-state index in [1.54, 1.807) is 98.8 Å². The number of carbonyl (C=O) groups is 1. The third-order valence-corrected chi connectivity index (χ3v) is 18.2. The summed E-state index contributed by atoms with van der Waals surface area (Å²) >= 11 is 0. The number of aliphatic hydroxyl groups excluding tert-OH is 1. The molecule has 8 atom stereocenters. The minimum atomic E-state index is -1.79. The van der Waals surface area contributed by atoms with Crippen molar-refractivity contribution in [3.8, 4) is 103 Å². The predicted molar refractivity (Wildman–Crippen MR) is 307 cm³/mol. The molecule has 19 heteroatoms. The van der Waals surface area contributed by atoms with Crippen molar-refractivity contribution < 1.29 is 93.0 Å². The Labute approximate surface area is 490 Å². The van der Waals surface area contributed by atoms with Gasteiger partial charge in [-0.1, -0.05) is 12.1 Å². The Bertz CT molecular complexity index is 4840. The van der Waals surface area contributed by atoms with Gasteiger partial charge in [0.1, 0.15) is 104 Å². The van der Waals surface area contributed by atoms with Crippen LogP contribution in [-0.4, -0.2) is 74.6 Å². The number of rotatable bonds is 7. The number of aromatic hydroxyl groups is 8. The summed E-state index contributed by atoms with van der Waals surface area (Å²) in [6, 6.07) is 37.3. The molecule has 2 aromatic heterocycles. The summed E-state index contributed by atoms with van der Waals surface area (Å²) in [5.74, 6) is -4.18. The van der Waals surface area contributed by atoms with E-state index in [1.807, 2.05) is 0 Å². The zero-order chi connectivity index (χ0) is 59.5. The van der Waals surface area contributed by atoms with Crippen molar-refractivity contribution in [2.75, 3.05) is 0 Å². The number of benzene rings is 8. The van der Waals surface area contributed by atoms with Gasteiger partial charge in [-0.2, -0.15) is 0 Å². The summed E-state index contributed by atoms with van der Waals surface area (Å²) in [7, 11) is 0. The molecule has 5 aliphatic heterocycles. The lowest BCUT2D eigenvalue weighted by molar-refractivity contribution is -0.145. The van der Waals surface area contributed by atoms with Crippen molar-refractivity contribution in [1.82, 2.24) is 0 Å². The summed E-state index contributed by atoms with van der Waals surface area (Å²) in [5, 5.41) is 102. The van der Waals surface area contributed by atoms with E-state index in [0.29, 0.717) is 78.5 Å². The van der Waals surface area contributed by atoms with Crippen molar-refractivity contribution in [3.63, 3.8) is 0 Å². The van der Waals surface area contributed by atoms with Gasteiger partial charge < -0.3 is 78.5 Å². The molecule has 1 spiro atoms. The van der Waals surface area contributed by atoms with E-state index in [0.717, 1.165) is 11.5 Å². The van der Waals surface area contributed by atoms with Gasteiger partial charge in [0.25, 0.3) is 5.79 Å². The van der Waals surface area contributed by atoms with Gasteiger partial charge in [-0.3, -0.25) is 14.6 Å². The Morgan fingerprint density at radius 2 is 1.17 bits per heavy atom. The molecule has 0 amide bonds. The summed E-state index contributed by atoms with van der Waals surface area (Å²) in [4.78, 5) is 26.8. The van der Waals surface area contributed by atoms with E-state index in [-0.39, 0.29) is 97.9 Å². The molecule has 8 aromatic carbocycles. The van der Waals surface area contributed by atoms with Gasteiger partial charge in [0.15, 0.2) is 34.1 Å². The second-order valence-electron chi connectivity index (χ2n) is 23.5. The van der Waals surface area contributed by atoms with Crippen LogP contribution >= 0.6 is 0 Å². The van der Waals surface area contributed by atoms with Crippen LogP contribution in [0.2, 0.25) is 0 Å². The standard InChI is InChI=1S/C68H46O19/c1-65-27-42-57-47(75)15-31(49-17-29-3-5-35(71)23-51(29)79-49)19-55(57)81-62(40-12-7-33(69)21-45(40)73)58(42)59(63(65)77)41-13-10-38(26-54(41)83-65)86-85-37-9-4-30-18-50(80-52(30)25-37)32-16-48(76)60-56(20-32)84-68(43-14-8-34(70)22-46(43)74)67(87-68)44-28-66(2,64(78)61(60)67)82-53-24-36(72)6-11-39(44)53/h3-27,44,59,61,63,69-77H,28H2,1-2H3. The van der Waals surface area contributed by atoms with Gasteiger partial charge >= 0.3 is 0 Å². The first-order valence-corrected chi connectivity index (χ1v) is 27.8. The number of hydrogen-bond acceptors (Lipinski definition) is 19. The van der Waals surface area contributed by atoms with E-state index in [1.165, 1.54) is 60.7 Å². The fourth-order valence-electron chi connectivity index (χ4n) is 14.3. The number of carbonyl (C=O) groups excluding carboxylic acids is 1. The summed E-state index contributed by atoms with van der Waals surface area (Å²) in [5.41, 5.74) is 0.157. The average Bonchev–Trinajstić information content (AvgIpc) is 1.47. The highest BCUT2D eigenvalue weighted by atomic mass is 17.2. The van der Waals surface area contributed by atoms with Crippen molar-refractivity contribution in [2.45, 2.75) is 66.7 Å². The Morgan fingerprint density at radius 1 is 0.552 bits per heavy atom. The van der Waals surface area contributed by atoms with Crippen molar-refractivity contribution in [3.05, 3.63) is 191 Å². The molecular weight excluding hydrogens is 1120 g/mol. The van der Waals surface area contributed by atoms with Gasteiger partial charge in [-0.25, -0.2) is 0 Å². The molecule has 1 saturated heterocycles. The quantitative estimate of drug-likeness (QED) is 0.0407.